The summed E-state index contributed by atoms with van der Waals surface area (Å²) in [5, 5.41) is 2.97. The summed E-state index contributed by atoms with van der Waals surface area (Å²) in [6.07, 6.45) is 0. The minimum absolute atomic E-state index is 0.280. The number of anilines is 2. The molecule has 4 rings (SSSR count). The Labute approximate surface area is 195 Å². The fraction of sp³-hybridized carbons (Fsp3) is 0.542. The molecule has 0 spiro atoms. The molecule has 0 unspecified atom stereocenters. The molecule has 1 amide bonds. The lowest BCUT2D eigenvalue weighted by Gasteiger charge is -2.27. The summed E-state index contributed by atoms with van der Waals surface area (Å²) in [6, 6.07) is 9.50. The van der Waals surface area contributed by atoms with Gasteiger partial charge in [-0.3, -0.25) is 9.69 Å². The van der Waals surface area contributed by atoms with Crippen LogP contribution in [0, 0.1) is 0 Å². The Hall–Kier alpha value is -2.75. The fourth-order valence-electron chi connectivity index (χ4n) is 3.78. The zero-order chi connectivity index (χ0) is 23.0. The third kappa shape index (κ3) is 6.63. The molecule has 9 heteroatoms. The molecule has 33 heavy (non-hydrogen) atoms. The third-order valence-electron chi connectivity index (χ3n) is 5.79. The zero-order valence-corrected chi connectivity index (χ0v) is 19.5. The molecule has 1 N–H and O–H groups in total. The Kier molecular flexibility index (Phi) is 8.09. The number of carbonyl (C=O) groups excluding carboxylic acids is 1. The molecular formula is C24H33N5O4. The highest BCUT2D eigenvalue weighted by atomic mass is 16.5. The monoisotopic (exact) mass is 455 g/mol. The molecule has 3 heterocycles. The number of nitrogens with zero attached hydrogens (tertiary/aromatic N) is 4. The average molecular weight is 456 g/mol. The van der Waals surface area contributed by atoms with E-state index in [1.807, 2.05) is 23.1 Å². The lowest BCUT2D eigenvalue weighted by molar-refractivity contribution is 0.0320. The number of benzene rings is 1. The molecule has 2 aliphatic heterocycles. The van der Waals surface area contributed by atoms with Gasteiger partial charge in [0.2, 0.25) is 11.8 Å². The smallest absolute Gasteiger partial charge is 0.274 e. The summed E-state index contributed by atoms with van der Waals surface area (Å²) in [6.45, 7) is 11.4. The predicted molar refractivity (Wildman–Crippen MR) is 126 cm³/mol. The van der Waals surface area contributed by atoms with Crippen molar-refractivity contribution in [2.75, 3.05) is 76.0 Å². The summed E-state index contributed by atoms with van der Waals surface area (Å²) >= 11 is 0. The molecule has 0 aliphatic carbocycles. The van der Waals surface area contributed by atoms with E-state index in [1.54, 1.807) is 6.07 Å². The van der Waals surface area contributed by atoms with Crippen molar-refractivity contribution in [3.63, 3.8) is 0 Å². The summed E-state index contributed by atoms with van der Waals surface area (Å²) in [7, 11) is 0. The van der Waals surface area contributed by atoms with Crippen molar-refractivity contribution in [2.45, 2.75) is 19.8 Å². The summed E-state index contributed by atoms with van der Waals surface area (Å²) in [4.78, 5) is 26.5. The highest BCUT2D eigenvalue weighted by Crippen LogP contribution is 2.21. The van der Waals surface area contributed by atoms with E-state index in [1.165, 1.54) is 0 Å². The first-order chi connectivity index (χ1) is 16.1. The largest absolute Gasteiger partial charge is 0.476 e. The molecule has 0 bridgehead atoms. The van der Waals surface area contributed by atoms with Gasteiger partial charge in [0.25, 0.3) is 5.91 Å². The second kappa shape index (κ2) is 11.4. The zero-order valence-electron chi connectivity index (χ0n) is 19.5. The second-order valence-corrected chi connectivity index (χ2v) is 8.53. The van der Waals surface area contributed by atoms with Gasteiger partial charge in [0.05, 0.1) is 26.4 Å². The summed E-state index contributed by atoms with van der Waals surface area (Å²) < 4.78 is 16.8. The number of morpholine rings is 2. The molecule has 0 radical (unpaired) electrons. The number of hydrogen-bond acceptors (Lipinski definition) is 8. The number of ether oxygens (including phenoxy) is 3. The van der Waals surface area contributed by atoms with Crippen LogP contribution in [0.2, 0.25) is 0 Å². The van der Waals surface area contributed by atoms with Gasteiger partial charge in [0, 0.05) is 44.5 Å². The Morgan fingerprint density at radius 2 is 1.79 bits per heavy atom. The van der Waals surface area contributed by atoms with Gasteiger partial charge in [-0.15, -0.1) is 0 Å². The van der Waals surface area contributed by atoms with Crippen LogP contribution in [0.15, 0.2) is 30.3 Å². The minimum Gasteiger partial charge on any atom is -0.476 e. The van der Waals surface area contributed by atoms with Gasteiger partial charge in [0.1, 0.15) is 12.3 Å². The molecule has 1 aromatic carbocycles. The highest BCUT2D eigenvalue weighted by molar-refractivity contribution is 6.03. The SMILES string of the molecule is CC(C)c1cccc(NC(=O)c2cc(OCCN3CCOCC3)nc(N3CCOCC3)n2)c1. The van der Waals surface area contributed by atoms with Crippen molar-refractivity contribution in [2.24, 2.45) is 0 Å². The van der Waals surface area contributed by atoms with Crippen LogP contribution in [-0.2, 0) is 9.47 Å². The highest BCUT2D eigenvalue weighted by Gasteiger charge is 2.20. The van der Waals surface area contributed by atoms with Gasteiger partial charge in [-0.1, -0.05) is 26.0 Å². The van der Waals surface area contributed by atoms with E-state index in [4.69, 9.17) is 14.2 Å². The van der Waals surface area contributed by atoms with Crippen molar-refractivity contribution in [3.05, 3.63) is 41.6 Å². The molecule has 178 valence electrons. The van der Waals surface area contributed by atoms with Crippen molar-refractivity contribution in [1.82, 2.24) is 14.9 Å². The van der Waals surface area contributed by atoms with Crippen LogP contribution in [0.25, 0.3) is 0 Å². The van der Waals surface area contributed by atoms with Crippen LogP contribution >= 0.6 is 0 Å². The number of carbonyl (C=O) groups is 1. The molecule has 9 nitrogen and oxygen atoms in total. The third-order valence-corrected chi connectivity index (χ3v) is 5.79. The molecular weight excluding hydrogens is 422 g/mol. The molecule has 0 saturated carbocycles. The Morgan fingerprint density at radius 3 is 2.52 bits per heavy atom. The summed E-state index contributed by atoms with van der Waals surface area (Å²) in [5.41, 5.74) is 2.19. The van der Waals surface area contributed by atoms with Crippen LogP contribution in [0.1, 0.15) is 35.8 Å². The van der Waals surface area contributed by atoms with Crippen LogP contribution in [-0.4, -0.2) is 86.5 Å². The topological polar surface area (TPSA) is 89.0 Å². The lowest BCUT2D eigenvalue weighted by atomic mass is 10.0. The number of rotatable bonds is 8. The fourth-order valence-corrected chi connectivity index (χ4v) is 3.78. The van der Waals surface area contributed by atoms with Gasteiger partial charge in [-0.25, -0.2) is 4.98 Å². The van der Waals surface area contributed by atoms with E-state index < -0.39 is 0 Å². The molecule has 1 aromatic heterocycles. The van der Waals surface area contributed by atoms with E-state index in [2.05, 4.69) is 40.1 Å². The van der Waals surface area contributed by atoms with Crippen LogP contribution in [0.3, 0.4) is 0 Å². The number of hydrogen-bond donors (Lipinski definition) is 1. The Bertz CT molecular complexity index is 927. The van der Waals surface area contributed by atoms with E-state index in [9.17, 15) is 4.79 Å². The maximum atomic E-state index is 13.1. The second-order valence-electron chi connectivity index (χ2n) is 8.53. The van der Waals surface area contributed by atoms with Gasteiger partial charge in [0.15, 0.2) is 0 Å². The molecule has 0 atom stereocenters. The van der Waals surface area contributed by atoms with Gasteiger partial charge >= 0.3 is 0 Å². The number of aromatic nitrogens is 2. The first kappa shape index (κ1) is 23.4. The molecule has 2 aliphatic rings. The van der Waals surface area contributed by atoms with Crippen molar-refractivity contribution in [1.29, 1.82) is 0 Å². The number of amides is 1. The van der Waals surface area contributed by atoms with E-state index in [0.29, 0.717) is 50.7 Å². The Balaban J connectivity index is 1.49. The standard InChI is InChI=1S/C24H33N5O4/c1-18(2)19-4-3-5-20(16-19)25-23(30)21-17-22(33-15-8-28-6-11-31-12-7-28)27-24(26-21)29-9-13-32-14-10-29/h3-5,16-18H,6-15H2,1-2H3,(H,25,30). The van der Waals surface area contributed by atoms with E-state index >= 15 is 0 Å². The minimum atomic E-state index is -0.286. The predicted octanol–water partition coefficient (Wildman–Crippen LogP) is 2.40. The van der Waals surface area contributed by atoms with Crippen LogP contribution in [0.4, 0.5) is 11.6 Å². The van der Waals surface area contributed by atoms with Crippen molar-refractivity contribution >= 4 is 17.5 Å². The van der Waals surface area contributed by atoms with Gasteiger partial charge in [-0.2, -0.15) is 4.98 Å². The first-order valence-corrected chi connectivity index (χ1v) is 11.6. The van der Waals surface area contributed by atoms with Crippen LogP contribution in [0.5, 0.6) is 5.88 Å². The maximum Gasteiger partial charge on any atom is 0.274 e. The molecule has 2 saturated heterocycles. The normalized spacial score (nSPS) is 17.2. The first-order valence-electron chi connectivity index (χ1n) is 11.6. The van der Waals surface area contributed by atoms with Crippen LogP contribution < -0.4 is 15.0 Å². The maximum absolute atomic E-state index is 13.1. The van der Waals surface area contributed by atoms with Crippen molar-refractivity contribution in [3.8, 4) is 5.88 Å². The molecule has 2 aromatic rings. The quantitative estimate of drug-likeness (QED) is 0.649. The molecule has 2 fully saturated rings. The van der Waals surface area contributed by atoms with E-state index in [-0.39, 0.29) is 11.6 Å². The average Bonchev–Trinajstić information content (AvgIpc) is 2.85. The summed E-state index contributed by atoms with van der Waals surface area (Å²) in [5.74, 6) is 0.982. The Morgan fingerprint density at radius 1 is 1.06 bits per heavy atom. The van der Waals surface area contributed by atoms with Gasteiger partial charge in [-0.05, 0) is 23.6 Å². The van der Waals surface area contributed by atoms with Crippen molar-refractivity contribution < 1.29 is 19.0 Å². The van der Waals surface area contributed by atoms with E-state index in [0.717, 1.165) is 44.1 Å². The number of nitrogens with one attached hydrogen (secondary N) is 1. The van der Waals surface area contributed by atoms with Gasteiger partial charge < -0.3 is 24.4 Å². The lowest BCUT2D eigenvalue weighted by Crippen LogP contribution is -2.39.